The topological polar surface area (TPSA) is 41.9 Å². The van der Waals surface area contributed by atoms with Crippen molar-refractivity contribution in [1.29, 1.82) is 0 Å². The van der Waals surface area contributed by atoms with Crippen LogP contribution >= 0.6 is 11.8 Å². The number of methoxy groups -OCH3 is 1. The van der Waals surface area contributed by atoms with Gasteiger partial charge in [0, 0.05) is 6.20 Å². The maximum Gasteiger partial charge on any atom is 0.169 e. The van der Waals surface area contributed by atoms with E-state index in [2.05, 4.69) is 4.99 Å². The van der Waals surface area contributed by atoms with Crippen LogP contribution in [0, 0.1) is 5.82 Å². The number of Topliss-reactive ketones (excluding diaryl/α,β-unsaturated/α-hetero) is 1. The molecular weight excluding hydrogens is 279 g/mol. The van der Waals surface area contributed by atoms with Crippen molar-refractivity contribution < 1.29 is 13.9 Å². The molecule has 0 fully saturated rings. The molecule has 0 N–H and O–H groups in total. The summed E-state index contributed by atoms with van der Waals surface area (Å²) in [6.45, 7) is 1.55. The second kappa shape index (κ2) is 4.94. The molecule has 104 valence electrons. The summed E-state index contributed by atoms with van der Waals surface area (Å²) in [7, 11) is 1.42. The predicted molar refractivity (Wildman–Crippen MR) is 76.2 cm³/mol. The van der Waals surface area contributed by atoms with Gasteiger partial charge in [-0.2, -0.15) is 0 Å². The highest BCUT2D eigenvalue weighted by Crippen LogP contribution is 2.39. The van der Waals surface area contributed by atoms with E-state index in [1.54, 1.807) is 19.1 Å². The number of hydrogen-bond donors (Lipinski definition) is 0. The summed E-state index contributed by atoms with van der Waals surface area (Å²) >= 11 is 1.48. The van der Waals surface area contributed by atoms with Gasteiger partial charge in [-0.1, -0.05) is 17.8 Å². The van der Waals surface area contributed by atoms with E-state index in [-0.39, 0.29) is 23.6 Å². The summed E-state index contributed by atoms with van der Waals surface area (Å²) < 4.78 is 18.5. The first kappa shape index (κ1) is 13.2. The Morgan fingerprint density at radius 1 is 1.50 bits per heavy atom. The minimum atomic E-state index is -0.420. The Labute approximate surface area is 120 Å². The first-order valence-corrected chi connectivity index (χ1v) is 7.03. The van der Waals surface area contributed by atoms with Crippen LogP contribution in [-0.4, -0.2) is 29.0 Å². The van der Waals surface area contributed by atoms with Gasteiger partial charge in [0.2, 0.25) is 0 Å². The van der Waals surface area contributed by atoms with Crippen molar-refractivity contribution in [2.24, 2.45) is 4.99 Å². The van der Waals surface area contributed by atoms with Crippen LogP contribution in [0.4, 0.5) is 4.39 Å². The Kier molecular flexibility index (Phi) is 3.25. The Hall–Kier alpha value is -1.82. The summed E-state index contributed by atoms with van der Waals surface area (Å²) in [5, 5.41) is 2.70. The number of aliphatic imine (C=N–C) groups is 1. The van der Waals surface area contributed by atoms with Crippen molar-refractivity contribution in [2.45, 2.75) is 19.0 Å². The number of amidine groups is 1. The number of ether oxygens (including phenoxy) is 1. The Balaban J connectivity index is 2.01. The first-order chi connectivity index (χ1) is 9.61. The summed E-state index contributed by atoms with van der Waals surface area (Å²) in [4.78, 5) is 18.4. The molecule has 0 aliphatic carbocycles. The fourth-order valence-corrected chi connectivity index (χ4v) is 3.25. The molecule has 2 aliphatic rings. The van der Waals surface area contributed by atoms with Crippen molar-refractivity contribution in [1.82, 2.24) is 4.90 Å². The van der Waals surface area contributed by atoms with E-state index in [4.69, 9.17) is 4.74 Å². The lowest BCUT2D eigenvalue weighted by Gasteiger charge is -2.22. The van der Waals surface area contributed by atoms with Gasteiger partial charge in [0.25, 0.3) is 0 Å². The lowest BCUT2D eigenvalue weighted by atomic mass is 9.97. The third-order valence-corrected chi connectivity index (χ3v) is 4.18. The minimum Gasteiger partial charge on any atom is -0.494 e. The number of halogens is 1. The molecule has 2 heterocycles. The lowest BCUT2D eigenvalue weighted by molar-refractivity contribution is -0.120. The van der Waals surface area contributed by atoms with Crippen LogP contribution in [0.5, 0.6) is 5.75 Å². The fourth-order valence-electron chi connectivity index (χ4n) is 2.47. The molecule has 0 radical (unpaired) electrons. The van der Waals surface area contributed by atoms with Gasteiger partial charge in [0.1, 0.15) is 12.1 Å². The Morgan fingerprint density at radius 2 is 2.30 bits per heavy atom. The van der Waals surface area contributed by atoms with E-state index in [0.29, 0.717) is 0 Å². The lowest BCUT2D eigenvalue weighted by Crippen LogP contribution is -2.36. The number of carbonyl (C=O) groups excluding carboxylic acids is 1. The van der Waals surface area contributed by atoms with Gasteiger partial charge in [-0.3, -0.25) is 9.79 Å². The van der Waals surface area contributed by atoms with Gasteiger partial charge in [0.15, 0.2) is 22.5 Å². The molecule has 1 aromatic carbocycles. The van der Waals surface area contributed by atoms with E-state index in [1.807, 2.05) is 16.5 Å². The molecule has 0 bridgehead atoms. The third kappa shape index (κ3) is 2.00. The number of thioether (sulfide) groups is 1. The fraction of sp³-hybridized carbons (Fsp3) is 0.286. The molecule has 20 heavy (non-hydrogen) atoms. The molecule has 2 unspecified atom stereocenters. The van der Waals surface area contributed by atoms with Gasteiger partial charge >= 0.3 is 0 Å². The highest BCUT2D eigenvalue weighted by atomic mass is 32.2. The Bertz CT molecular complexity index is 630. The molecule has 0 spiro atoms. The number of carbonyl (C=O) groups is 1. The van der Waals surface area contributed by atoms with E-state index in [1.165, 1.54) is 24.9 Å². The van der Waals surface area contributed by atoms with Gasteiger partial charge in [-0.05, 0) is 30.0 Å². The second-order valence-electron chi connectivity index (χ2n) is 4.62. The smallest absolute Gasteiger partial charge is 0.169 e. The Morgan fingerprint density at radius 3 is 3.00 bits per heavy atom. The van der Waals surface area contributed by atoms with Crippen molar-refractivity contribution in [2.75, 3.05) is 7.11 Å². The standard InChI is InChI=1S/C14H13FN2O2S/c1-8(18)13-12(16-14-17(13)5-6-20-14)9-3-4-10(15)11(7-9)19-2/h3-7,12-13H,1-2H3. The van der Waals surface area contributed by atoms with Crippen molar-refractivity contribution in [3.63, 3.8) is 0 Å². The van der Waals surface area contributed by atoms with Gasteiger partial charge < -0.3 is 9.64 Å². The summed E-state index contributed by atoms with van der Waals surface area (Å²) in [6, 6.07) is 3.91. The van der Waals surface area contributed by atoms with Gasteiger partial charge in [-0.25, -0.2) is 4.39 Å². The van der Waals surface area contributed by atoms with Crippen LogP contribution in [0.1, 0.15) is 18.5 Å². The monoisotopic (exact) mass is 292 g/mol. The molecule has 0 saturated carbocycles. The highest BCUT2D eigenvalue weighted by Gasteiger charge is 2.41. The number of rotatable bonds is 3. The minimum absolute atomic E-state index is 0.0317. The number of nitrogens with zero attached hydrogens (tertiary/aromatic N) is 2. The normalized spacial score (nSPS) is 23.8. The largest absolute Gasteiger partial charge is 0.494 e. The zero-order valence-corrected chi connectivity index (χ0v) is 11.9. The van der Waals surface area contributed by atoms with Crippen molar-refractivity contribution in [3.8, 4) is 5.75 Å². The molecule has 6 heteroatoms. The second-order valence-corrected chi connectivity index (χ2v) is 5.49. The average molecular weight is 292 g/mol. The van der Waals surface area contributed by atoms with Crippen LogP contribution in [-0.2, 0) is 4.79 Å². The molecule has 0 amide bonds. The zero-order valence-electron chi connectivity index (χ0n) is 11.0. The van der Waals surface area contributed by atoms with Crippen molar-refractivity contribution in [3.05, 3.63) is 41.2 Å². The first-order valence-electron chi connectivity index (χ1n) is 6.15. The summed E-state index contributed by atoms with van der Waals surface area (Å²) in [6.07, 6.45) is 1.86. The molecule has 1 aromatic rings. The maximum absolute atomic E-state index is 13.5. The highest BCUT2D eigenvalue weighted by molar-refractivity contribution is 8.16. The van der Waals surface area contributed by atoms with E-state index < -0.39 is 5.82 Å². The maximum atomic E-state index is 13.5. The molecule has 0 saturated heterocycles. The molecule has 2 atom stereocenters. The number of fused-ring (bicyclic) bond motifs is 1. The van der Waals surface area contributed by atoms with E-state index in [9.17, 15) is 9.18 Å². The summed E-state index contributed by atoms with van der Waals surface area (Å²) in [5.74, 6) is -0.222. The van der Waals surface area contributed by atoms with Crippen LogP contribution in [0.25, 0.3) is 0 Å². The van der Waals surface area contributed by atoms with Crippen LogP contribution < -0.4 is 4.74 Å². The predicted octanol–water partition coefficient (Wildman–Crippen LogP) is 2.72. The van der Waals surface area contributed by atoms with Gasteiger partial charge in [0.05, 0.1) is 7.11 Å². The van der Waals surface area contributed by atoms with E-state index in [0.717, 1.165) is 10.7 Å². The molecular formula is C14H13FN2O2S. The molecule has 3 rings (SSSR count). The van der Waals surface area contributed by atoms with E-state index >= 15 is 0 Å². The van der Waals surface area contributed by atoms with Gasteiger partial charge in [-0.15, -0.1) is 0 Å². The third-order valence-electron chi connectivity index (χ3n) is 3.40. The average Bonchev–Trinajstić information content (AvgIpc) is 2.98. The molecule has 2 aliphatic heterocycles. The SMILES string of the molecule is COc1cc(C2N=C3SC=CN3C2C(C)=O)ccc1F. The number of ketones is 1. The molecule has 0 aromatic heterocycles. The summed E-state index contributed by atoms with van der Waals surface area (Å²) in [5.41, 5.74) is 0.777. The number of benzene rings is 1. The quantitative estimate of drug-likeness (QED) is 0.859. The van der Waals surface area contributed by atoms with Crippen LogP contribution in [0.15, 0.2) is 34.8 Å². The van der Waals surface area contributed by atoms with Crippen LogP contribution in [0.2, 0.25) is 0 Å². The molecule has 4 nitrogen and oxygen atoms in total. The van der Waals surface area contributed by atoms with Crippen molar-refractivity contribution >= 4 is 22.7 Å². The number of hydrogen-bond acceptors (Lipinski definition) is 5. The van der Waals surface area contributed by atoms with Crippen LogP contribution in [0.3, 0.4) is 0 Å². The zero-order chi connectivity index (χ0) is 14.3.